The summed E-state index contributed by atoms with van der Waals surface area (Å²) < 4.78 is 0. The zero-order valence-electron chi connectivity index (χ0n) is 15.9. The van der Waals surface area contributed by atoms with Gasteiger partial charge in [-0.2, -0.15) is 0 Å². The summed E-state index contributed by atoms with van der Waals surface area (Å²) in [6.07, 6.45) is 1.26. The van der Waals surface area contributed by atoms with Gasteiger partial charge in [-0.25, -0.2) is 4.79 Å². The van der Waals surface area contributed by atoms with Crippen molar-refractivity contribution in [3.63, 3.8) is 0 Å². The van der Waals surface area contributed by atoms with E-state index in [1.807, 2.05) is 30.3 Å². The highest BCUT2D eigenvalue weighted by Crippen LogP contribution is 2.41. The van der Waals surface area contributed by atoms with Gasteiger partial charge in [-0.05, 0) is 41.3 Å². The molecule has 0 radical (unpaired) electrons. The van der Waals surface area contributed by atoms with Crippen molar-refractivity contribution >= 4 is 23.4 Å². The van der Waals surface area contributed by atoms with E-state index in [2.05, 4.69) is 29.1 Å². The van der Waals surface area contributed by atoms with Crippen molar-refractivity contribution in [3.8, 4) is 11.8 Å². The van der Waals surface area contributed by atoms with Crippen LogP contribution in [0.4, 0.5) is 10.5 Å². The Hall–Kier alpha value is -3.85. The van der Waals surface area contributed by atoms with Crippen molar-refractivity contribution in [2.24, 2.45) is 0 Å². The molecule has 29 heavy (non-hydrogen) atoms. The van der Waals surface area contributed by atoms with E-state index in [0.29, 0.717) is 29.8 Å². The van der Waals surface area contributed by atoms with Crippen LogP contribution in [0.15, 0.2) is 60.8 Å². The van der Waals surface area contributed by atoms with Gasteiger partial charge in [0.25, 0.3) is 5.78 Å². The van der Waals surface area contributed by atoms with E-state index >= 15 is 0 Å². The number of hydrogen-bond acceptors (Lipinski definition) is 3. The molecule has 2 N–H and O–H groups in total. The number of carbonyl (C=O) groups excluding carboxylic acids is 3. The topological polar surface area (TPSA) is 78.5 Å². The first-order valence-corrected chi connectivity index (χ1v) is 9.17. The summed E-state index contributed by atoms with van der Waals surface area (Å²) in [7, 11) is 1.76. The van der Waals surface area contributed by atoms with Crippen LogP contribution in [0, 0.1) is 11.8 Å². The monoisotopic (exact) mass is 385 g/mol. The lowest BCUT2D eigenvalue weighted by Gasteiger charge is -2.30. The molecule has 1 heterocycles. The van der Waals surface area contributed by atoms with E-state index in [-0.39, 0.29) is 6.03 Å². The zero-order valence-corrected chi connectivity index (χ0v) is 15.9. The number of urea groups is 1. The molecular formula is C23H19N3O3. The molecule has 144 valence electrons. The average Bonchev–Trinajstić information content (AvgIpc) is 3.20. The Balaban J connectivity index is 1.48. The Morgan fingerprint density at radius 1 is 1.14 bits per heavy atom. The number of ketones is 1. The molecule has 1 unspecified atom stereocenters. The minimum Gasteiger partial charge on any atom is -0.319 e. The van der Waals surface area contributed by atoms with Crippen LogP contribution in [0.5, 0.6) is 0 Å². The number of anilines is 1. The molecule has 6 heteroatoms. The molecule has 1 atom stereocenters. The quantitative estimate of drug-likeness (QED) is 0.615. The summed E-state index contributed by atoms with van der Waals surface area (Å²) in [5.41, 5.74) is 3.47. The number of fused-ring (bicyclic) bond motifs is 1. The van der Waals surface area contributed by atoms with Gasteiger partial charge in [0, 0.05) is 36.8 Å². The molecule has 0 saturated carbocycles. The fourth-order valence-electron chi connectivity index (χ4n) is 3.81. The second-order valence-electron chi connectivity index (χ2n) is 7.24. The normalized spacial score (nSPS) is 19.4. The highest BCUT2D eigenvalue weighted by atomic mass is 16.2. The second-order valence-corrected chi connectivity index (χ2v) is 7.24. The predicted octanol–water partition coefficient (Wildman–Crippen LogP) is 2.25. The summed E-state index contributed by atoms with van der Waals surface area (Å²) in [4.78, 5) is 37.9. The first-order valence-electron chi connectivity index (χ1n) is 9.17. The number of rotatable bonds is 2. The van der Waals surface area contributed by atoms with Crippen LogP contribution in [0.2, 0.25) is 0 Å². The third kappa shape index (κ3) is 3.27. The summed E-state index contributed by atoms with van der Waals surface area (Å²) in [6, 6.07) is 14.3. The molecule has 4 rings (SSSR count). The Kier molecular flexibility index (Phi) is 4.44. The van der Waals surface area contributed by atoms with E-state index in [4.69, 9.17) is 0 Å². The molecule has 2 aromatic carbocycles. The lowest BCUT2D eigenvalue weighted by molar-refractivity contribution is -0.131. The van der Waals surface area contributed by atoms with Crippen LogP contribution in [-0.4, -0.2) is 35.2 Å². The van der Waals surface area contributed by atoms with Crippen LogP contribution in [0.25, 0.3) is 0 Å². The summed E-state index contributed by atoms with van der Waals surface area (Å²) in [6.45, 7) is 4.01. The van der Waals surface area contributed by atoms with Gasteiger partial charge in [-0.3, -0.25) is 9.59 Å². The van der Waals surface area contributed by atoms with Crippen molar-refractivity contribution in [1.29, 1.82) is 0 Å². The average molecular weight is 385 g/mol. The third-order valence-electron chi connectivity index (χ3n) is 5.50. The minimum atomic E-state index is -0.801. The standard InChI is InChI=1S/C23H19N3O3/c1-15-23(26(2)22(29)24-15)13-17-9-10-19(12-18(17)14-23)25-21(28)20(27)11-8-16-6-4-3-5-7-16/h3-7,9-10,12H,1,13-14H2,2H3,(H,24,29)(H,25,28). The lowest BCUT2D eigenvalue weighted by Crippen LogP contribution is -2.44. The van der Waals surface area contributed by atoms with Gasteiger partial charge in [0.2, 0.25) is 0 Å². The molecule has 1 fully saturated rings. The van der Waals surface area contributed by atoms with Crippen LogP contribution in [-0.2, 0) is 22.4 Å². The molecule has 1 saturated heterocycles. The maximum Gasteiger partial charge on any atom is 0.322 e. The molecule has 3 amide bonds. The molecular weight excluding hydrogens is 366 g/mol. The number of amides is 3. The van der Waals surface area contributed by atoms with E-state index in [1.165, 1.54) is 0 Å². The Morgan fingerprint density at radius 2 is 1.86 bits per heavy atom. The number of nitrogens with zero attached hydrogens (tertiary/aromatic N) is 1. The lowest BCUT2D eigenvalue weighted by atomic mass is 9.92. The summed E-state index contributed by atoms with van der Waals surface area (Å²) in [5, 5.41) is 5.39. The van der Waals surface area contributed by atoms with Gasteiger partial charge < -0.3 is 15.5 Å². The number of nitrogens with one attached hydrogen (secondary N) is 2. The van der Waals surface area contributed by atoms with Crippen LogP contribution in [0.3, 0.4) is 0 Å². The molecule has 2 aliphatic rings. The number of Topliss-reactive ketones (excluding diaryl/α,β-unsaturated/α-hetero) is 1. The first-order chi connectivity index (χ1) is 13.9. The van der Waals surface area contributed by atoms with Gasteiger partial charge in [-0.1, -0.05) is 36.8 Å². The minimum absolute atomic E-state index is 0.168. The molecule has 0 bridgehead atoms. The largest absolute Gasteiger partial charge is 0.322 e. The van der Waals surface area contributed by atoms with Crippen LogP contribution >= 0.6 is 0 Å². The number of hydrogen-bond donors (Lipinski definition) is 2. The van der Waals surface area contributed by atoms with Gasteiger partial charge in [0.15, 0.2) is 0 Å². The van der Waals surface area contributed by atoms with Crippen molar-refractivity contribution < 1.29 is 14.4 Å². The molecule has 0 aromatic heterocycles. The van der Waals surface area contributed by atoms with E-state index in [0.717, 1.165) is 11.1 Å². The summed E-state index contributed by atoms with van der Waals surface area (Å²) >= 11 is 0. The van der Waals surface area contributed by atoms with Gasteiger partial charge >= 0.3 is 11.9 Å². The predicted molar refractivity (Wildman–Crippen MR) is 109 cm³/mol. The first kappa shape index (κ1) is 18.5. The summed E-state index contributed by atoms with van der Waals surface area (Å²) in [5.74, 6) is 3.47. The van der Waals surface area contributed by atoms with Crippen molar-refractivity contribution in [3.05, 3.63) is 77.5 Å². The number of carbonyl (C=O) groups is 3. The smallest absolute Gasteiger partial charge is 0.319 e. The van der Waals surface area contributed by atoms with Crippen LogP contribution < -0.4 is 10.6 Å². The molecule has 1 aliphatic heterocycles. The van der Waals surface area contributed by atoms with Gasteiger partial charge in [-0.15, -0.1) is 0 Å². The zero-order chi connectivity index (χ0) is 20.6. The second kappa shape index (κ2) is 6.95. The highest BCUT2D eigenvalue weighted by molar-refractivity contribution is 6.46. The fraction of sp³-hybridized carbons (Fsp3) is 0.174. The highest BCUT2D eigenvalue weighted by Gasteiger charge is 2.50. The molecule has 1 spiro atoms. The number of likely N-dealkylation sites (N-methyl/N-ethyl adjacent to an activating group) is 1. The fourth-order valence-corrected chi connectivity index (χ4v) is 3.81. The maximum atomic E-state index is 12.2. The molecule has 2 aromatic rings. The Bertz CT molecular complexity index is 1110. The molecule has 6 nitrogen and oxygen atoms in total. The van der Waals surface area contributed by atoms with Crippen molar-refractivity contribution in [2.45, 2.75) is 18.4 Å². The Morgan fingerprint density at radius 3 is 2.55 bits per heavy atom. The third-order valence-corrected chi connectivity index (χ3v) is 5.50. The van der Waals surface area contributed by atoms with Crippen molar-refractivity contribution in [2.75, 3.05) is 12.4 Å². The van der Waals surface area contributed by atoms with Gasteiger partial charge in [0.05, 0.1) is 5.54 Å². The SMILES string of the molecule is C=C1NC(=O)N(C)C12Cc1ccc(NC(=O)C(=O)C#Cc3ccccc3)cc1C2. The van der Waals surface area contributed by atoms with E-state index < -0.39 is 17.2 Å². The van der Waals surface area contributed by atoms with E-state index in [9.17, 15) is 14.4 Å². The van der Waals surface area contributed by atoms with E-state index in [1.54, 1.807) is 30.1 Å². The maximum absolute atomic E-state index is 12.2. The van der Waals surface area contributed by atoms with Crippen molar-refractivity contribution in [1.82, 2.24) is 10.2 Å². The van der Waals surface area contributed by atoms with Gasteiger partial charge in [0.1, 0.15) is 0 Å². The molecule has 1 aliphatic carbocycles. The Labute approximate surface area is 168 Å². The van der Waals surface area contributed by atoms with Crippen LogP contribution in [0.1, 0.15) is 16.7 Å². The number of benzene rings is 2.